The van der Waals surface area contributed by atoms with E-state index < -0.39 is 17.9 Å². The predicted octanol–water partition coefficient (Wildman–Crippen LogP) is 0.471. The van der Waals surface area contributed by atoms with E-state index in [1.165, 1.54) is 0 Å². The van der Waals surface area contributed by atoms with Crippen molar-refractivity contribution >= 4 is 34.9 Å². The molecule has 0 aliphatic carbocycles. The molecule has 4 N–H and O–H groups in total. The second kappa shape index (κ2) is 10.4. The van der Waals surface area contributed by atoms with Crippen LogP contribution in [0.2, 0.25) is 5.02 Å². The maximum absolute atomic E-state index is 12.1. The molecule has 0 saturated heterocycles. The van der Waals surface area contributed by atoms with Gasteiger partial charge in [-0.25, -0.2) is 0 Å². The number of rotatable bonds is 10. The predicted molar refractivity (Wildman–Crippen MR) is 102 cm³/mol. The Labute approximate surface area is 162 Å². The molecule has 27 heavy (non-hydrogen) atoms. The lowest BCUT2D eigenvalue weighted by Crippen LogP contribution is -2.94. The number of nitrogens with two attached hydrogens (primary N) is 1. The zero-order valence-electron chi connectivity index (χ0n) is 14.9. The van der Waals surface area contributed by atoms with Crippen LogP contribution in [0.4, 0.5) is 11.4 Å². The van der Waals surface area contributed by atoms with Gasteiger partial charge in [-0.1, -0.05) is 23.7 Å². The standard InChI is InChI=1S/C19H22ClN3O4/c1-27-17-5-3-2-4-15(17)21-10-11-22-16(19(25)26)12-18(24)23-14-8-6-13(20)7-9-14/h2-9,16,21-22H,10-12H2,1H3,(H,23,24)(H,25,26)/t16-/m0/s1. The number of halogens is 1. The topological polar surface area (TPSA) is 107 Å². The van der Waals surface area contributed by atoms with Gasteiger partial charge in [-0.15, -0.1) is 0 Å². The van der Waals surface area contributed by atoms with E-state index >= 15 is 0 Å². The Hall–Kier alpha value is -2.77. The first kappa shape index (κ1) is 20.5. The molecule has 1 amide bonds. The molecule has 8 heteroatoms. The van der Waals surface area contributed by atoms with Crippen molar-refractivity contribution in [2.75, 3.05) is 30.8 Å². The average molecular weight is 392 g/mol. The number of ether oxygens (including phenoxy) is 1. The number of hydrogen-bond donors (Lipinski definition) is 3. The number of methoxy groups -OCH3 is 1. The van der Waals surface area contributed by atoms with Gasteiger partial charge in [-0.3, -0.25) is 4.79 Å². The lowest BCUT2D eigenvalue weighted by Gasteiger charge is -2.17. The summed E-state index contributed by atoms with van der Waals surface area (Å²) in [4.78, 5) is 23.4. The molecule has 1 atom stereocenters. The van der Waals surface area contributed by atoms with E-state index in [9.17, 15) is 14.7 Å². The number of carbonyl (C=O) groups excluding carboxylic acids is 2. The van der Waals surface area contributed by atoms with Gasteiger partial charge in [-0.05, 0) is 36.4 Å². The van der Waals surface area contributed by atoms with E-state index in [0.717, 1.165) is 5.69 Å². The largest absolute Gasteiger partial charge is 0.544 e. The van der Waals surface area contributed by atoms with Crippen LogP contribution in [0.5, 0.6) is 5.75 Å². The fourth-order valence-electron chi connectivity index (χ4n) is 2.49. The lowest BCUT2D eigenvalue weighted by atomic mass is 10.2. The van der Waals surface area contributed by atoms with Gasteiger partial charge in [0.15, 0.2) is 0 Å². The lowest BCUT2D eigenvalue weighted by molar-refractivity contribution is -0.680. The third-order valence-electron chi connectivity index (χ3n) is 3.85. The monoisotopic (exact) mass is 391 g/mol. The average Bonchev–Trinajstić information content (AvgIpc) is 2.66. The van der Waals surface area contributed by atoms with Gasteiger partial charge in [0.1, 0.15) is 11.8 Å². The van der Waals surface area contributed by atoms with Crippen LogP contribution in [0, 0.1) is 0 Å². The Bertz CT molecular complexity index is 768. The maximum atomic E-state index is 12.1. The van der Waals surface area contributed by atoms with Crippen molar-refractivity contribution < 1.29 is 24.7 Å². The Morgan fingerprint density at radius 1 is 1.19 bits per heavy atom. The van der Waals surface area contributed by atoms with Gasteiger partial charge in [-0.2, -0.15) is 0 Å². The maximum Gasteiger partial charge on any atom is 0.230 e. The minimum absolute atomic E-state index is 0.195. The van der Waals surface area contributed by atoms with Gasteiger partial charge in [0, 0.05) is 10.7 Å². The normalized spacial score (nSPS) is 11.5. The molecule has 144 valence electrons. The van der Waals surface area contributed by atoms with Crippen LogP contribution in [0.3, 0.4) is 0 Å². The van der Waals surface area contributed by atoms with Crippen molar-refractivity contribution in [1.82, 2.24) is 0 Å². The van der Waals surface area contributed by atoms with Crippen molar-refractivity contribution in [3.8, 4) is 5.75 Å². The smallest absolute Gasteiger partial charge is 0.230 e. The molecule has 0 aliphatic heterocycles. The molecule has 2 aromatic rings. The molecule has 0 spiro atoms. The van der Waals surface area contributed by atoms with Crippen LogP contribution < -0.4 is 25.8 Å². The van der Waals surface area contributed by atoms with Crippen LogP contribution >= 0.6 is 11.6 Å². The highest BCUT2D eigenvalue weighted by Gasteiger charge is 2.18. The van der Waals surface area contributed by atoms with Crippen LogP contribution in [0.15, 0.2) is 48.5 Å². The fourth-order valence-corrected chi connectivity index (χ4v) is 2.62. The summed E-state index contributed by atoms with van der Waals surface area (Å²) >= 11 is 5.79. The summed E-state index contributed by atoms with van der Waals surface area (Å²) in [6.45, 7) is 0.952. The number of quaternary nitrogens is 1. The number of benzene rings is 2. The number of carboxylic acid groups (broad SMARTS) is 1. The van der Waals surface area contributed by atoms with Crippen molar-refractivity contribution in [3.63, 3.8) is 0 Å². The second-order valence-electron chi connectivity index (χ2n) is 5.84. The van der Waals surface area contributed by atoms with E-state index in [0.29, 0.717) is 29.5 Å². The summed E-state index contributed by atoms with van der Waals surface area (Å²) < 4.78 is 5.24. The minimum Gasteiger partial charge on any atom is -0.544 e. The summed E-state index contributed by atoms with van der Waals surface area (Å²) in [5.41, 5.74) is 1.37. The van der Waals surface area contributed by atoms with Crippen molar-refractivity contribution in [2.45, 2.75) is 12.5 Å². The number of anilines is 2. The summed E-state index contributed by atoms with van der Waals surface area (Å²) in [6.07, 6.45) is -0.195. The summed E-state index contributed by atoms with van der Waals surface area (Å²) in [5, 5.41) is 19.3. The van der Waals surface area contributed by atoms with Crippen molar-refractivity contribution in [1.29, 1.82) is 0 Å². The molecule has 0 aromatic heterocycles. The number of amides is 1. The van der Waals surface area contributed by atoms with Gasteiger partial charge >= 0.3 is 0 Å². The number of carbonyl (C=O) groups is 2. The summed E-state index contributed by atoms with van der Waals surface area (Å²) in [7, 11) is 1.58. The first-order chi connectivity index (χ1) is 13.0. The molecular formula is C19H22ClN3O4. The molecule has 0 saturated carbocycles. The number of aliphatic carboxylic acids is 1. The Balaban J connectivity index is 1.80. The molecule has 0 unspecified atom stereocenters. The zero-order valence-corrected chi connectivity index (χ0v) is 15.7. The molecule has 0 aliphatic rings. The Morgan fingerprint density at radius 2 is 1.89 bits per heavy atom. The molecule has 2 rings (SSSR count). The van der Waals surface area contributed by atoms with Crippen LogP contribution in [0.1, 0.15) is 6.42 Å². The number of para-hydroxylation sites is 2. The number of hydrogen-bond acceptors (Lipinski definition) is 5. The summed E-state index contributed by atoms with van der Waals surface area (Å²) in [6, 6.07) is 13.0. The van der Waals surface area contributed by atoms with E-state index in [1.807, 2.05) is 24.3 Å². The zero-order chi connectivity index (χ0) is 19.6. The fraction of sp³-hybridized carbons (Fsp3) is 0.263. The third kappa shape index (κ3) is 6.80. The minimum atomic E-state index is -1.28. The molecule has 2 aromatic carbocycles. The van der Waals surface area contributed by atoms with Crippen molar-refractivity contribution in [3.05, 3.63) is 53.6 Å². The highest BCUT2D eigenvalue weighted by molar-refractivity contribution is 6.30. The van der Waals surface area contributed by atoms with Gasteiger partial charge < -0.3 is 30.6 Å². The highest BCUT2D eigenvalue weighted by Crippen LogP contribution is 2.22. The summed E-state index contributed by atoms with van der Waals surface area (Å²) in [5.74, 6) is -0.977. The Morgan fingerprint density at radius 3 is 2.56 bits per heavy atom. The van der Waals surface area contributed by atoms with Gasteiger partial charge in [0.05, 0.1) is 38.3 Å². The van der Waals surface area contributed by atoms with E-state index in [-0.39, 0.29) is 6.42 Å². The SMILES string of the molecule is COc1ccccc1NCC[NH2+][C@@H](CC(=O)Nc1ccc(Cl)cc1)C(=O)[O-]. The quantitative estimate of drug-likeness (QED) is 0.510. The molecule has 0 radical (unpaired) electrons. The molecule has 7 nitrogen and oxygen atoms in total. The number of carboxylic acids is 1. The van der Waals surface area contributed by atoms with Crippen LogP contribution in [-0.4, -0.2) is 38.1 Å². The number of nitrogens with one attached hydrogen (secondary N) is 2. The molecule has 0 bridgehead atoms. The van der Waals surface area contributed by atoms with Crippen molar-refractivity contribution in [2.24, 2.45) is 0 Å². The van der Waals surface area contributed by atoms with Gasteiger partial charge in [0.25, 0.3) is 0 Å². The first-order valence-electron chi connectivity index (χ1n) is 8.46. The second-order valence-corrected chi connectivity index (χ2v) is 6.27. The van der Waals surface area contributed by atoms with Crippen LogP contribution in [0.25, 0.3) is 0 Å². The van der Waals surface area contributed by atoms with E-state index in [4.69, 9.17) is 16.3 Å². The van der Waals surface area contributed by atoms with Gasteiger partial charge in [0.2, 0.25) is 5.91 Å². The molecule has 0 fully saturated rings. The third-order valence-corrected chi connectivity index (χ3v) is 4.11. The Kier molecular flexibility index (Phi) is 7.91. The van der Waals surface area contributed by atoms with E-state index in [2.05, 4.69) is 10.6 Å². The van der Waals surface area contributed by atoms with Crippen LogP contribution in [-0.2, 0) is 9.59 Å². The molecule has 0 heterocycles. The highest BCUT2D eigenvalue weighted by atomic mass is 35.5. The molecular weight excluding hydrogens is 370 g/mol. The van der Waals surface area contributed by atoms with E-state index in [1.54, 1.807) is 36.7 Å². The first-order valence-corrected chi connectivity index (χ1v) is 8.84.